The molecule has 5 heterocycles. The van der Waals surface area contributed by atoms with Crippen LogP contribution in [0.5, 0.6) is 0 Å². The molecule has 4 aliphatic rings. The summed E-state index contributed by atoms with van der Waals surface area (Å²) in [6, 6.07) is 52.7. The predicted molar refractivity (Wildman–Crippen MR) is 277 cm³/mol. The van der Waals surface area contributed by atoms with Crippen LogP contribution < -0.4 is 26.4 Å². The molecule has 0 atom stereocenters. The lowest BCUT2D eigenvalue weighted by atomic mass is 9.36. The molecule has 0 amide bonds. The summed E-state index contributed by atoms with van der Waals surface area (Å²) >= 11 is 0. The summed E-state index contributed by atoms with van der Waals surface area (Å²) in [4.78, 5) is 5.39. The van der Waals surface area contributed by atoms with E-state index in [1.807, 2.05) is 0 Å². The van der Waals surface area contributed by atoms with Gasteiger partial charge in [0, 0.05) is 61.8 Å². The van der Waals surface area contributed by atoms with Gasteiger partial charge in [-0.3, -0.25) is 0 Å². The Morgan fingerprint density at radius 2 is 0.970 bits per heavy atom. The summed E-state index contributed by atoms with van der Waals surface area (Å²) in [5.74, 6) is 0. The molecule has 0 N–H and O–H groups in total. The molecule has 0 unspecified atom stereocenters. The van der Waals surface area contributed by atoms with Crippen LogP contribution in [0, 0.1) is 0 Å². The lowest BCUT2D eigenvalue weighted by Crippen LogP contribution is -2.64. The Labute approximate surface area is 389 Å². The molecule has 9 aromatic rings. The summed E-state index contributed by atoms with van der Waals surface area (Å²) < 4.78 is 12.5. The van der Waals surface area contributed by atoms with E-state index >= 15 is 0 Å². The van der Waals surface area contributed by atoms with Gasteiger partial charge in [0.2, 0.25) is 0 Å². The SMILES string of the molecule is CC(C)(C)c1ccc(N2c3cc(C(C)(C)C)cc4c3B(c3c2c2c(n3-c3ccccc3)CCCC2)c2c(c3c(n2-c2cccc5c2oc2ccccc25)CCCC3)N4c2ccccc2)cc1. The number of hydrogen-bond donors (Lipinski definition) is 0. The molecule has 0 saturated carbocycles. The molecule has 0 saturated heterocycles. The first-order valence-corrected chi connectivity index (χ1v) is 24.5. The second kappa shape index (κ2) is 14.4. The quantitative estimate of drug-likeness (QED) is 0.165. The van der Waals surface area contributed by atoms with Crippen LogP contribution in [0.15, 0.2) is 144 Å². The lowest BCUT2D eigenvalue weighted by Gasteiger charge is -2.44. The van der Waals surface area contributed by atoms with E-state index < -0.39 is 0 Å². The summed E-state index contributed by atoms with van der Waals surface area (Å²) in [7, 11) is 0. The number of rotatable bonds is 4. The topological polar surface area (TPSA) is 29.5 Å². The third-order valence-corrected chi connectivity index (χ3v) is 15.4. The maximum Gasteiger partial charge on any atom is 0.294 e. The summed E-state index contributed by atoms with van der Waals surface area (Å²) in [5, 5.41) is 2.33. The minimum atomic E-state index is -0.108. The van der Waals surface area contributed by atoms with Gasteiger partial charge in [-0.05, 0) is 151 Å². The smallest absolute Gasteiger partial charge is 0.294 e. The Kier molecular flexibility index (Phi) is 8.67. The van der Waals surface area contributed by atoms with E-state index in [1.165, 1.54) is 115 Å². The van der Waals surface area contributed by atoms with Crippen molar-refractivity contribution in [2.75, 3.05) is 9.80 Å². The number of fused-ring (bicyclic) bond motifs is 11. The average Bonchev–Trinajstić information content (AvgIpc) is 4.00. The molecule has 0 bridgehead atoms. The van der Waals surface area contributed by atoms with E-state index in [0.29, 0.717) is 0 Å². The first-order valence-electron chi connectivity index (χ1n) is 24.5. The number of anilines is 6. The van der Waals surface area contributed by atoms with E-state index in [1.54, 1.807) is 0 Å². The first kappa shape index (κ1) is 39.7. The highest BCUT2D eigenvalue weighted by Gasteiger charge is 2.51. The fourth-order valence-electron chi connectivity index (χ4n) is 12.3. The van der Waals surface area contributed by atoms with Gasteiger partial charge in [0.1, 0.15) is 5.58 Å². The third-order valence-electron chi connectivity index (χ3n) is 15.4. The predicted octanol–water partition coefficient (Wildman–Crippen LogP) is 13.6. The van der Waals surface area contributed by atoms with Crippen LogP contribution in [-0.4, -0.2) is 15.8 Å². The van der Waals surface area contributed by atoms with Crippen LogP contribution in [0.4, 0.5) is 34.1 Å². The molecule has 2 aliphatic heterocycles. The van der Waals surface area contributed by atoms with Crippen LogP contribution in [0.25, 0.3) is 33.3 Å². The maximum absolute atomic E-state index is 7.02. The zero-order valence-corrected chi connectivity index (χ0v) is 39.2. The molecule has 0 radical (unpaired) electrons. The van der Waals surface area contributed by atoms with Crippen molar-refractivity contribution < 1.29 is 4.42 Å². The maximum atomic E-state index is 7.02. The van der Waals surface area contributed by atoms with Crippen molar-refractivity contribution in [3.05, 3.63) is 173 Å². The Balaban J connectivity index is 1.23. The summed E-state index contributed by atoms with van der Waals surface area (Å²) in [5.41, 5.74) is 24.6. The molecule has 5 nitrogen and oxygen atoms in total. The van der Waals surface area contributed by atoms with E-state index in [4.69, 9.17) is 4.42 Å². The van der Waals surface area contributed by atoms with Crippen molar-refractivity contribution in [2.24, 2.45) is 0 Å². The van der Waals surface area contributed by atoms with Crippen molar-refractivity contribution in [3.8, 4) is 11.4 Å². The highest BCUT2D eigenvalue weighted by molar-refractivity contribution is 7.00. The van der Waals surface area contributed by atoms with Crippen LogP contribution >= 0.6 is 0 Å². The standard InChI is InChI=1S/C60H57BN4O/c1-59(2,3)38-32-34-42(35-33-38)63-51-37-39(60(4,5)6)36-50-53(51)61(57-54(63)45-25-13-16-28-47(45)64(57)41-22-11-8-12-23-41)58-55(62(50)40-20-9-7-10-21-40)46-26-14-17-29-48(46)65(58)49-30-19-27-44-43-24-15-18-31-52(43)66-56(44)49/h7-12,15,18-24,27,30-37H,13-14,16-17,25-26,28-29H2,1-6H3. The van der Waals surface area contributed by atoms with Gasteiger partial charge >= 0.3 is 0 Å². The zero-order chi connectivity index (χ0) is 44.6. The van der Waals surface area contributed by atoms with Crippen LogP contribution in [0.3, 0.4) is 0 Å². The van der Waals surface area contributed by atoms with Gasteiger partial charge in [-0.2, -0.15) is 0 Å². The third kappa shape index (κ3) is 5.72. The molecule has 2 aliphatic carbocycles. The molecule has 0 fully saturated rings. The fourth-order valence-corrected chi connectivity index (χ4v) is 12.3. The molecular weight excluding hydrogens is 803 g/mol. The van der Waals surface area contributed by atoms with Crippen LogP contribution in [0.1, 0.15) is 101 Å². The largest absolute Gasteiger partial charge is 0.454 e. The first-order chi connectivity index (χ1) is 32.1. The minimum Gasteiger partial charge on any atom is -0.454 e. The van der Waals surface area contributed by atoms with Crippen LogP contribution in [0.2, 0.25) is 0 Å². The monoisotopic (exact) mass is 860 g/mol. The van der Waals surface area contributed by atoms with E-state index in [0.717, 1.165) is 54.3 Å². The molecule has 66 heavy (non-hydrogen) atoms. The molecular formula is C60H57BN4O. The Morgan fingerprint density at radius 3 is 1.59 bits per heavy atom. The molecule has 13 rings (SSSR count). The number of nitrogens with zero attached hydrogens (tertiary/aromatic N) is 4. The van der Waals surface area contributed by atoms with Gasteiger partial charge in [0.05, 0.1) is 17.1 Å². The van der Waals surface area contributed by atoms with E-state index in [-0.39, 0.29) is 17.5 Å². The number of hydrogen-bond acceptors (Lipinski definition) is 3. The summed E-state index contributed by atoms with van der Waals surface area (Å²) in [6.07, 6.45) is 8.86. The second-order valence-corrected chi connectivity index (χ2v) is 21.4. The number of aromatic nitrogens is 2. The Hall–Kier alpha value is -6.66. The number of furan rings is 1. The van der Waals surface area contributed by atoms with Crippen molar-refractivity contribution in [3.63, 3.8) is 0 Å². The van der Waals surface area contributed by atoms with Crippen molar-refractivity contribution in [1.82, 2.24) is 9.13 Å². The molecule has 6 heteroatoms. The minimum absolute atomic E-state index is 0.0393. The van der Waals surface area contributed by atoms with Gasteiger partial charge in [0.25, 0.3) is 6.71 Å². The molecule has 0 spiro atoms. The average molecular weight is 861 g/mol. The van der Waals surface area contributed by atoms with Gasteiger partial charge in [-0.15, -0.1) is 0 Å². The Morgan fingerprint density at radius 1 is 0.455 bits per heavy atom. The molecule has 3 aromatic heterocycles. The number of para-hydroxylation sites is 4. The van der Waals surface area contributed by atoms with Crippen molar-refractivity contribution in [2.45, 2.75) is 104 Å². The molecule has 326 valence electrons. The van der Waals surface area contributed by atoms with Gasteiger partial charge in [-0.25, -0.2) is 0 Å². The lowest BCUT2D eigenvalue weighted by molar-refractivity contribution is 0.590. The van der Waals surface area contributed by atoms with Crippen molar-refractivity contribution in [1.29, 1.82) is 0 Å². The normalized spacial score (nSPS) is 15.5. The van der Waals surface area contributed by atoms with E-state index in [2.05, 4.69) is 200 Å². The van der Waals surface area contributed by atoms with Crippen molar-refractivity contribution >= 4 is 79.4 Å². The van der Waals surface area contributed by atoms with Crippen LogP contribution in [-0.2, 0) is 36.5 Å². The highest BCUT2D eigenvalue weighted by atomic mass is 16.3. The van der Waals surface area contributed by atoms with Gasteiger partial charge in [0.15, 0.2) is 5.58 Å². The fraction of sp³-hybridized carbons (Fsp3) is 0.267. The number of benzene rings is 6. The van der Waals surface area contributed by atoms with E-state index in [9.17, 15) is 0 Å². The van der Waals surface area contributed by atoms with Gasteiger partial charge in [-0.1, -0.05) is 120 Å². The highest BCUT2D eigenvalue weighted by Crippen LogP contribution is 2.52. The second-order valence-electron chi connectivity index (χ2n) is 21.4. The zero-order valence-electron chi connectivity index (χ0n) is 39.2. The van der Waals surface area contributed by atoms with Gasteiger partial charge < -0.3 is 23.4 Å². The summed E-state index contributed by atoms with van der Waals surface area (Å²) in [6.45, 7) is 14.0. The Bertz CT molecular complexity index is 3390. The molecule has 6 aromatic carbocycles.